The molecule has 1 aliphatic heterocycles. The van der Waals surface area contributed by atoms with Crippen LogP contribution in [-0.4, -0.2) is 24.7 Å². The number of nitrogens with one attached hydrogen (secondary N) is 1. The van der Waals surface area contributed by atoms with Gasteiger partial charge in [0.2, 0.25) is 0 Å². The van der Waals surface area contributed by atoms with E-state index in [1.807, 2.05) is 0 Å². The number of esters is 1. The molecule has 0 aliphatic carbocycles. The summed E-state index contributed by atoms with van der Waals surface area (Å²) in [7, 11) is 0. The number of hydrogen-bond acceptors (Lipinski definition) is 3. The van der Waals surface area contributed by atoms with Crippen molar-refractivity contribution >= 4 is 5.97 Å². The van der Waals surface area contributed by atoms with E-state index in [9.17, 15) is 4.79 Å². The number of hydrogen-bond donors (Lipinski definition) is 1. The lowest BCUT2D eigenvalue weighted by atomic mass is 9.99. The Kier molecular flexibility index (Phi) is 4.22. The maximum Gasteiger partial charge on any atom is 0.302 e. The normalized spacial score (nSPS) is 28.5. The summed E-state index contributed by atoms with van der Waals surface area (Å²) in [5.41, 5.74) is 0. The first kappa shape index (κ1) is 10.5. The molecule has 1 fully saturated rings. The Morgan fingerprint density at radius 2 is 2.31 bits per heavy atom. The molecule has 1 rings (SSSR count). The van der Waals surface area contributed by atoms with E-state index < -0.39 is 0 Å². The summed E-state index contributed by atoms with van der Waals surface area (Å²) in [6.07, 6.45) is 4.69. The first-order valence-electron chi connectivity index (χ1n) is 5.13. The highest BCUT2D eigenvalue weighted by atomic mass is 16.5. The van der Waals surface area contributed by atoms with Gasteiger partial charge in [0.05, 0.1) is 0 Å². The van der Waals surface area contributed by atoms with Crippen molar-refractivity contribution in [2.24, 2.45) is 0 Å². The molecule has 1 heterocycles. The maximum absolute atomic E-state index is 10.7. The Hall–Kier alpha value is -0.570. The smallest absolute Gasteiger partial charge is 0.302 e. The fraction of sp³-hybridized carbons (Fsp3) is 0.900. The van der Waals surface area contributed by atoms with Gasteiger partial charge in [-0.2, -0.15) is 0 Å². The van der Waals surface area contributed by atoms with Crippen LogP contribution in [0.3, 0.4) is 0 Å². The number of piperidine rings is 1. The van der Waals surface area contributed by atoms with Gasteiger partial charge in [-0.3, -0.25) is 4.79 Å². The minimum atomic E-state index is -0.166. The summed E-state index contributed by atoms with van der Waals surface area (Å²) in [4.78, 5) is 10.7. The standard InChI is InChI=1S/C10H19NO2/c1-3-4-9-5-6-10(7-11-9)13-8(2)12/h9-11H,3-7H2,1-2H3/t9-,10-/m1/s1. The summed E-state index contributed by atoms with van der Waals surface area (Å²) < 4.78 is 5.12. The Morgan fingerprint density at radius 3 is 2.77 bits per heavy atom. The zero-order valence-electron chi connectivity index (χ0n) is 8.51. The van der Waals surface area contributed by atoms with Crippen LogP contribution >= 0.6 is 0 Å². The molecular formula is C10H19NO2. The summed E-state index contributed by atoms with van der Waals surface area (Å²) in [5, 5.41) is 3.40. The van der Waals surface area contributed by atoms with Crippen LogP contribution < -0.4 is 5.32 Å². The van der Waals surface area contributed by atoms with E-state index in [1.54, 1.807) is 0 Å². The van der Waals surface area contributed by atoms with Crippen molar-refractivity contribution in [3.05, 3.63) is 0 Å². The highest BCUT2D eigenvalue weighted by Gasteiger charge is 2.21. The Balaban J connectivity index is 2.18. The van der Waals surface area contributed by atoms with E-state index in [1.165, 1.54) is 19.8 Å². The fourth-order valence-electron chi connectivity index (χ4n) is 1.82. The molecule has 76 valence electrons. The van der Waals surface area contributed by atoms with Gasteiger partial charge in [-0.1, -0.05) is 13.3 Å². The molecule has 2 atom stereocenters. The highest BCUT2D eigenvalue weighted by molar-refractivity contribution is 5.66. The van der Waals surface area contributed by atoms with Crippen molar-refractivity contribution in [2.45, 2.75) is 51.7 Å². The third-order valence-corrected chi connectivity index (χ3v) is 2.44. The van der Waals surface area contributed by atoms with Crippen molar-refractivity contribution in [2.75, 3.05) is 6.54 Å². The third kappa shape index (κ3) is 3.77. The minimum Gasteiger partial charge on any atom is -0.461 e. The van der Waals surface area contributed by atoms with Crippen molar-refractivity contribution in [1.29, 1.82) is 0 Å². The van der Waals surface area contributed by atoms with Crippen molar-refractivity contribution in [3.63, 3.8) is 0 Å². The van der Waals surface area contributed by atoms with Gasteiger partial charge in [-0.25, -0.2) is 0 Å². The summed E-state index contributed by atoms with van der Waals surface area (Å²) in [6, 6.07) is 0.636. The predicted octanol–water partition coefficient (Wildman–Crippen LogP) is 1.47. The zero-order valence-corrected chi connectivity index (χ0v) is 8.51. The van der Waals surface area contributed by atoms with E-state index >= 15 is 0 Å². The first-order valence-corrected chi connectivity index (χ1v) is 5.13. The van der Waals surface area contributed by atoms with Crippen molar-refractivity contribution < 1.29 is 9.53 Å². The number of carbonyl (C=O) groups is 1. The second-order valence-electron chi connectivity index (χ2n) is 3.70. The lowest BCUT2D eigenvalue weighted by molar-refractivity contribution is -0.147. The molecule has 0 radical (unpaired) electrons. The van der Waals surface area contributed by atoms with Gasteiger partial charge in [-0.05, 0) is 19.3 Å². The molecule has 1 saturated heterocycles. The van der Waals surface area contributed by atoms with Gasteiger partial charge in [0.15, 0.2) is 0 Å². The summed E-state index contributed by atoms with van der Waals surface area (Å²) in [5.74, 6) is -0.166. The molecule has 1 N–H and O–H groups in total. The molecule has 3 nitrogen and oxygen atoms in total. The van der Waals surface area contributed by atoms with E-state index in [-0.39, 0.29) is 12.1 Å². The van der Waals surface area contributed by atoms with Crippen molar-refractivity contribution in [1.82, 2.24) is 5.32 Å². The van der Waals surface area contributed by atoms with Crippen LogP contribution in [0.25, 0.3) is 0 Å². The molecule has 0 unspecified atom stereocenters. The molecular weight excluding hydrogens is 166 g/mol. The molecule has 0 amide bonds. The number of ether oxygens (including phenoxy) is 1. The van der Waals surface area contributed by atoms with Crippen molar-refractivity contribution in [3.8, 4) is 0 Å². The van der Waals surface area contributed by atoms with Gasteiger partial charge in [0.25, 0.3) is 0 Å². The molecule has 0 aromatic rings. The lowest BCUT2D eigenvalue weighted by Gasteiger charge is -2.29. The Bertz CT molecular complexity index is 162. The molecule has 0 aromatic heterocycles. The highest BCUT2D eigenvalue weighted by Crippen LogP contribution is 2.14. The molecule has 3 heteroatoms. The SMILES string of the molecule is CCC[C@@H]1CC[C@@H](OC(C)=O)CN1. The minimum absolute atomic E-state index is 0.102. The van der Waals surface area contributed by atoms with E-state index in [2.05, 4.69) is 12.2 Å². The topological polar surface area (TPSA) is 38.3 Å². The lowest BCUT2D eigenvalue weighted by Crippen LogP contribution is -2.43. The van der Waals surface area contributed by atoms with E-state index in [4.69, 9.17) is 4.74 Å². The van der Waals surface area contributed by atoms with Gasteiger partial charge < -0.3 is 10.1 Å². The largest absolute Gasteiger partial charge is 0.461 e. The van der Waals surface area contributed by atoms with E-state index in [0.717, 1.165) is 19.4 Å². The van der Waals surface area contributed by atoms with Gasteiger partial charge in [-0.15, -0.1) is 0 Å². The van der Waals surface area contributed by atoms with Crippen LogP contribution in [0.4, 0.5) is 0 Å². The fourth-order valence-corrected chi connectivity index (χ4v) is 1.82. The quantitative estimate of drug-likeness (QED) is 0.677. The third-order valence-electron chi connectivity index (χ3n) is 2.44. The summed E-state index contributed by atoms with van der Waals surface area (Å²) >= 11 is 0. The predicted molar refractivity (Wildman–Crippen MR) is 51.5 cm³/mol. The second-order valence-corrected chi connectivity index (χ2v) is 3.70. The van der Waals surface area contributed by atoms with Crippen LogP contribution in [0.5, 0.6) is 0 Å². The molecule has 0 spiro atoms. The molecule has 0 bridgehead atoms. The van der Waals surface area contributed by atoms with Crippen LogP contribution in [0.15, 0.2) is 0 Å². The summed E-state index contributed by atoms with van der Waals surface area (Å²) in [6.45, 7) is 4.49. The average Bonchev–Trinajstić information content (AvgIpc) is 2.08. The first-order chi connectivity index (χ1) is 6.22. The van der Waals surface area contributed by atoms with Crippen LogP contribution in [0, 0.1) is 0 Å². The second kappa shape index (κ2) is 5.22. The monoisotopic (exact) mass is 185 g/mol. The maximum atomic E-state index is 10.7. The van der Waals surface area contributed by atoms with Crippen LogP contribution in [0.2, 0.25) is 0 Å². The number of carbonyl (C=O) groups excluding carboxylic acids is 1. The number of rotatable bonds is 3. The zero-order chi connectivity index (χ0) is 9.68. The van der Waals surface area contributed by atoms with Crippen LogP contribution in [-0.2, 0) is 9.53 Å². The van der Waals surface area contributed by atoms with Crippen LogP contribution in [0.1, 0.15) is 39.5 Å². The van der Waals surface area contributed by atoms with Gasteiger partial charge in [0, 0.05) is 19.5 Å². The molecule has 0 aromatic carbocycles. The molecule has 0 saturated carbocycles. The molecule has 13 heavy (non-hydrogen) atoms. The van der Waals surface area contributed by atoms with Gasteiger partial charge in [0.1, 0.15) is 6.10 Å². The average molecular weight is 185 g/mol. The Morgan fingerprint density at radius 1 is 1.54 bits per heavy atom. The Labute approximate surface area is 79.8 Å². The molecule has 1 aliphatic rings. The van der Waals surface area contributed by atoms with E-state index in [0.29, 0.717) is 6.04 Å². The van der Waals surface area contributed by atoms with Gasteiger partial charge >= 0.3 is 5.97 Å².